The van der Waals surface area contributed by atoms with Gasteiger partial charge in [-0.15, -0.1) is 0 Å². The lowest BCUT2D eigenvalue weighted by atomic mass is 10.2. The van der Waals surface area contributed by atoms with Gasteiger partial charge in [-0.2, -0.15) is 5.10 Å². The fourth-order valence-corrected chi connectivity index (χ4v) is 1.35. The van der Waals surface area contributed by atoms with E-state index in [1.165, 1.54) is 0 Å². The van der Waals surface area contributed by atoms with Gasteiger partial charge in [0.15, 0.2) is 5.82 Å². The fraction of sp³-hybridized carbons (Fsp3) is 0.400. The molecule has 2 rings (SSSR count). The quantitative estimate of drug-likeness (QED) is 0.664. The molecule has 3 heteroatoms. The average Bonchev–Trinajstić information content (AvgIpc) is 2.51. The fourth-order valence-electron chi connectivity index (χ4n) is 1.35. The largest absolute Gasteiger partial charge is 0.237 e. The summed E-state index contributed by atoms with van der Waals surface area (Å²) in [6.07, 6.45) is 1.95. The molecule has 2 aromatic heterocycles. The van der Waals surface area contributed by atoms with Crippen molar-refractivity contribution < 1.29 is 0 Å². The van der Waals surface area contributed by atoms with Gasteiger partial charge >= 0.3 is 0 Å². The Balaban J connectivity index is 2.70. The van der Waals surface area contributed by atoms with Crippen LogP contribution in [-0.4, -0.2) is 14.6 Å². The maximum atomic E-state index is 4.44. The predicted octanol–water partition coefficient (Wildman–Crippen LogP) is 2.16. The first-order valence-electron chi connectivity index (χ1n) is 4.50. The molecule has 0 N–H and O–H groups in total. The van der Waals surface area contributed by atoms with Crippen LogP contribution >= 0.6 is 0 Å². The van der Waals surface area contributed by atoms with Gasteiger partial charge in [0.2, 0.25) is 0 Å². The van der Waals surface area contributed by atoms with Crippen molar-refractivity contribution in [3.63, 3.8) is 0 Å². The Morgan fingerprint density at radius 3 is 2.85 bits per heavy atom. The van der Waals surface area contributed by atoms with Gasteiger partial charge < -0.3 is 0 Å². The molecule has 2 aromatic rings. The van der Waals surface area contributed by atoms with Gasteiger partial charge in [-0.05, 0) is 19.1 Å². The van der Waals surface area contributed by atoms with Crippen LogP contribution in [0.3, 0.4) is 0 Å². The molecular formula is C10H13N3. The summed E-state index contributed by atoms with van der Waals surface area (Å²) in [5.41, 5.74) is 2.13. The van der Waals surface area contributed by atoms with Crippen LogP contribution in [0.5, 0.6) is 0 Å². The number of nitrogens with zero attached hydrogens (tertiary/aromatic N) is 3. The first-order valence-corrected chi connectivity index (χ1v) is 4.50. The number of aryl methyl sites for hydroxylation is 1. The van der Waals surface area contributed by atoms with Crippen LogP contribution in [0.25, 0.3) is 5.52 Å². The lowest BCUT2D eigenvalue weighted by Gasteiger charge is -2.05. The van der Waals surface area contributed by atoms with E-state index in [0.29, 0.717) is 5.92 Å². The van der Waals surface area contributed by atoms with Crippen molar-refractivity contribution in [2.45, 2.75) is 26.7 Å². The topological polar surface area (TPSA) is 30.2 Å². The molecule has 0 atom stereocenters. The van der Waals surface area contributed by atoms with Crippen molar-refractivity contribution in [1.82, 2.24) is 14.6 Å². The zero-order valence-electron chi connectivity index (χ0n) is 8.15. The van der Waals surface area contributed by atoms with E-state index >= 15 is 0 Å². The van der Waals surface area contributed by atoms with E-state index in [-0.39, 0.29) is 0 Å². The molecule has 0 unspecified atom stereocenters. The van der Waals surface area contributed by atoms with E-state index in [1.54, 1.807) is 0 Å². The van der Waals surface area contributed by atoms with Gasteiger partial charge in [0.1, 0.15) is 0 Å². The van der Waals surface area contributed by atoms with E-state index < -0.39 is 0 Å². The maximum Gasteiger partial charge on any atom is 0.152 e. The van der Waals surface area contributed by atoms with Crippen LogP contribution in [0, 0.1) is 6.92 Å². The Morgan fingerprint density at radius 2 is 2.15 bits per heavy atom. The van der Waals surface area contributed by atoms with Crippen LogP contribution in [-0.2, 0) is 0 Å². The monoisotopic (exact) mass is 175 g/mol. The lowest BCUT2D eigenvalue weighted by molar-refractivity contribution is 0.712. The molecule has 0 fully saturated rings. The minimum Gasteiger partial charge on any atom is -0.237 e. The van der Waals surface area contributed by atoms with Gasteiger partial charge in [-0.3, -0.25) is 0 Å². The summed E-state index contributed by atoms with van der Waals surface area (Å²) in [5, 5.41) is 4.40. The first-order chi connectivity index (χ1) is 6.18. The summed E-state index contributed by atoms with van der Waals surface area (Å²) < 4.78 is 1.89. The van der Waals surface area contributed by atoms with Gasteiger partial charge in [0.05, 0.1) is 11.2 Å². The number of hydrogen-bond acceptors (Lipinski definition) is 2. The van der Waals surface area contributed by atoms with E-state index in [1.807, 2.05) is 29.8 Å². The maximum absolute atomic E-state index is 4.44. The van der Waals surface area contributed by atoms with Crippen molar-refractivity contribution in [3.05, 3.63) is 29.8 Å². The first kappa shape index (κ1) is 8.23. The van der Waals surface area contributed by atoms with Crippen LogP contribution in [0.4, 0.5) is 0 Å². The summed E-state index contributed by atoms with van der Waals surface area (Å²) in [5.74, 6) is 1.28. The van der Waals surface area contributed by atoms with E-state index in [0.717, 1.165) is 17.0 Å². The highest BCUT2D eigenvalue weighted by Crippen LogP contribution is 2.12. The van der Waals surface area contributed by atoms with Gasteiger partial charge in [-0.25, -0.2) is 9.50 Å². The molecule has 0 aliphatic rings. The zero-order chi connectivity index (χ0) is 9.42. The Kier molecular flexibility index (Phi) is 1.79. The van der Waals surface area contributed by atoms with Crippen LogP contribution < -0.4 is 0 Å². The second-order valence-electron chi connectivity index (χ2n) is 3.55. The highest BCUT2D eigenvalue weighted by molar-refractivity contribution is 5.50. The molecule has 2 heterocycles. The molecule has 0 saturated heterocycles. The number of hydrogen-bond donors (Lipinski definition) is 0. The summed E-state index contributed by atoms with van der Waals surface area (Å²) >= 11 is 0. The zero-order valence-corrected chi connectivity index (χ0v) is 8.15. The molecular weight excluding hydrogens is 162 g/mol. The van der Waals surface area contributed by atoms with E-state index in [2.05, 4.69) is 23.9 Å². The Labute approximate surface area is 77.4 Å². The number of rotatable bonds is 1. The molecule has 0 aliphatic heterocycles. The number of aromatic nitrogens is 3. The molecule has 0 spiro atoms. The van der Waals surface area contributed by atoms with Crippen molar-refractivity contribution in [2.24, 2.45) is 0 Å². The molecule has 0 amide bonds. The third-order valence-corrected chi connectivity index (χ3v) is 2.11. The summed E-state index contributed by atoms with van der Waals surface area (Å²) in [6, 6.07) is 4.01. The van der Waals surface area contributed by atoms with E-state index in [4.69, 9.17) is 0 Å². The van der Waals surface area contributed by atoms with Gasteiger partial charge in [0.25, 0.3) is 0 Å². The van der Waals surface area contributed by atoms with Gasteiger partial charge in [0, 0.05) is 12.1 Å². The smallest absolute Gasteiger partial charge is 0.152 e. The van der Waals surface area contributed by atoms with Crippen LogP contribution in [0.1, 0.15) is 31.3 Å². The minimum atomic E-state index is 0.380. The van der Waals surface area contributed by atoms with Gasteiger partial charge in [-0.1, -0.05) is 13.8 Å². The summed E-state index contributed by atoms with van der Waals surface area (Å²) in [4.78, 5) is 4.44. The Bertz CT molecular complexity index is 429. The molecule has 0 bridgehead atoms. The Hall–Kier alpha value is -1.38. The summed E-state index contributed by atoms with van der Waals surface area (Å²) in [6.45, 7) is 6.22. The molecule has 13 heavy (non-hydrogen) atoms. The molecule has 3 nitrogen and oxygen atoms in total. The SMILES string of the molecule is Cc1nc(C(C)C)nn2cccc12. The second-order valence-corrected chi connectivity index (χ2v) is 3.55. The highest BCUT2D eigenvalue weighted by atomic mass is 15.2. The predicted molar refractivity (Wildman–Crippen MR) is 51.8 cm³/mol. The standard InChI is InChI=1S/C10H13N3/c1-7(2)10-11-8(3)9-5-4-6-13(9)12-10/h4-7H,1-3H3. The van der Waals surface area contributed by atoms with Crippen molar-refractivity contribution >= 4 is 5.52 Å². The second kappa shape index (κ2) is 2.83. The molecule has 68 valence electrons. The summed E-state index contributed by atoms with van der Waals surface area (Å²) in [7, 11) is 0. The van der Waals surface area contributed by atoms with Crippen LogP contribution in [0.2, 0.25) is 0 Å². The van der Waals surface area contributed by atoms with Crippen molar-refractivity contribution in [3.8, 4) is 0 Å². The van der Waals surface area contributed by atoms with E-state index in [9.17, 15) is 0 Å². The van der Waals surface area contributed by atoms with Crippen molar-refractivity contribution in [2.75, 3.05) is 0 Å². The lowest BCUT2D eigenvalue weighted by Crippen LogP contribution is -2.04. The minimum absolute atomic E-state index is 0.380. The van der Waals surface area contributed by atoms with Crippen LogP contribution in [0.15, 0.2) is 18.3 Å². The molecule has 0 radical (unpaired) electrons. The highest BCUT2D eigenvalue weighted by Gasteiger charge is 2.06. The third kappa shape index (κ3) is 1.30. The average molecular weight is 175 g/mol. The normalized spacial score (nSPS) is 11.4. The Morgan fingerprint density at radius 1 is 1.38 bits per heavy atom. The number of fused-ring (bicyclic) bond motifs is 1. The molecule has 0 aromatic carbocycles. The van der Waals surface area contributed by atoms with Crippen molar-refractivity contribution in [1.29, 1.82) is 0 Å². The molecule has 0 saturated carbocycles. The molecule has 0 aliphatic carbocycles. The third-order valence-electron chi connectivity index (χ3n) is 2.11.